The number of ether oxygens (including phenoxy) is 1. The molecule has 1 aliphatic heterocycles. The van der Waals surface area contributed by atoms with E-state index in [0.717, 1.165) is 22.9 Å². The Bertz CT molecular complexity index is 961. The van der Waals surface area contributed by atoms with Gasteiger partial charge in [-0.2, -0.15) is 0 Å². The van der Waals surface area contributed by atoms with Crippen LogP contribution < -0.4 is 0 Å². The van der Waals surface area contributed by atoms with Crippen molar-refractivity contribution in [2.45, 2.75) is 13.3 Å². The van der Waals surface area contributed by atoms with Gasteiger partial charge in [-0.1, -0.05) is 6.07 Å². The first-order valence-corrected chi connectivity index (χ1v) is 9.41. The lowest BCUT2D eigenvalue weighted by Crippen LogP contribution is -2.29. The van der Waals surface area contributed by atoms with E-state index in [0.29, 0.717) is 36.0 Å². The molecule has 146 valence electrons. The average molecular weight is 401 g/mol. The Balaban J connectivity index is 1.78. The summed E-state index contributed by atoms with van der Waals surface area (Å²) in [6, 6.07) is 8.23. The second-order valence-corrected chi connectivity index (χ2v) is 7.21. The van der Waals surface area contributed by atoms with Crippen LogP contribution in [-0.4, -0.2) is 47.4 Å². The zero-order valence-electron chi connectivity index (χ0n) is 15.4. The van der Waals surface area contributed by atoms with Gasteiger partial charge < -0.3 is 14.3 Å². The fraction of sp³-hybridized carbons (Fsp3) is 0.250. The molecule has 0 spiro atoms. The molecule has 7 nitrogen and oxygen atoms in total. The van der Waals surface area contributed by atoms with Crippen LogP contribution in [0, 0.1) is 6.92 Å². The number of aryl methyl sites for hydroxylation is 1. The largest absolute Gasteiger partial charge is 0.478 e. The molecule has 0 unspecified atom stereocenters. The monoisotopic (exact) mass is 401 g/mol. The number of methoxy groups -OCH3 is 1. The fourth-order valence-corrected chi connectivity index (χ4v) is 3.68. The number of thioether (sulfide) groups is 1. The van der Waals surface area contributed by atoms with Crippen LogP contribution in [0.1, 0.15) is 28.1 Å². The van der Waals surface area contributed by atoms with Crippen molar-refractivity contribution in [3.8, 4) is 11.3 Å². The van der Waals surface area contributed by atoms with Crippen LogP contribution in [0.3, 0.4) is 0 Å². The second kappa shape index (κ2) is 8.45. The number of hydrogen-bond donors (Lipinski definition) is 1. The van der Waals surface area contributed by atoms with E-state index in [9.17, 15) is 14.4 Å². The van der Waals surface area contributed by atoms with E-state index < -0.39 is 5.97 Å². The van der Waals surface area contributed by atoms with Gasteiger partial charge in [0.2, 0.25) is 0 Å². The first-order chi connectivity index (χ1) is 13.4. The van der Waals surface area contributed by atoms with E-state index in [1.165, 1.54) is 11.0 Å². The van der Waals surface area contributed by atoms with Crippen molar-refractivity contribution >= 4 is 35.0 Å². The van der Waals surface area contributed by atoms with Gasteiger partial charge in [0.05, 0.1) is 10.5 Å². The van der Waals surface area contributed by atoms with E-state index >= 15 is 0 Å². The van der Waals surface area contributed by atoms with Gasteiger partial charge in [0.25, 0.3) is 11.1 Å². The smallest absolute Gasteiger partial charge is 0.335 e. The molecule has 2 heterocycles. The summed E-state index contributed by atoms with van der Waals surface area (Å²) in [6.45, 7) is 2.59. The summed E-state index contributed by atoms with van der Waals surface area (Å²) < 4.78 is 10.7. The van der Waals surface area contributed by atoms with Crippen LogP contribution in [-0.2, 0) is 9.53 Å². The zero-order valence-corrected chi connectivity index (χ0v) is 16.2. The number of carboxylic acids is 1. The first-order valence-electron chi connectivity index (χ1n) is 8.59. The minimum atomic E-state index is -0.990. The van der Waals surface area contributed by atoms with Gasteiger partial charge in [0.1, 0.15) is 11.5 Å². The van der Waals surface area contributed by atoms with Crippen LogP contribution in [0.25, 0.3) is 17.4 Å². The molecule has 0 atom stereocenters. The molecule has 0 radical (unpaired) electrons. The third-order valence-corrected chi connectivity index (χ3v) is 5.15. The number of rotatable bonds is 7. The molecule has 28 heavy (non-hydrogen) atoms. The summed E-state index contributed by atoms with van der Waals surface area (Å²) in [6.07, 6.45) is 2.13. The molecule has 0 aliphatic carbocycles. The van der Waals surface area contributed by atoms with Crippen LogP contribution >= 0.6 is 11.8 Å². The quantitative estimate of drug-likeness (QED) is 0.553. The Morgan fingerprint density at radius 2 is 2.07 bits per heavy atom. The number of furan rings is 1. The lowest BCUT2D eigenvalue weighted by molar-refractivity contribution is -0.122. The number of nitrogens with zero attached hydrogens (tertiary/aromatic N) is 1. The van der Waals surface area contributed by atoms with Crippen molar-refractivity contribution in [1.82, 2.24) is 4.90 Å². The standard InChI is InChI=1S/C20H19NO6S/c1-12-10-13(19(23)24)4-6-15(12)16-7-5-14(27-16)11-17-18(22)21(20(25)28-17)8-3-9-26-2/h4-7,10-11H,3,8-9H2,1-2H3,(H,23,24)/b17-11+. The molecular weight excluding hydrogens is 382 g/mol. The van der Waals surface area contributed by atoms with Crippen molar-refractivity contribution in [1.29, 1.82) is 0 Å². The van der Waals surface area contributed by atoms with Crippen molar-refractivity contribution in [3.63, 3.8) is 0 Å². The normalized spacial score (nSPS) is 15.6. The Morgan fingerprint density at radius 3 is 2.75 bits per heavy atom. The lowest BCUT2D eigenvalue weighted by Gasteiger charge is -2.11. The maximum atomic E-state index is 12.4. The summed E-state index contributed by atoms with van der Waals surface area (Å²) in [5, 5.41) is 8.76. The van der Waals surface area contributed by atoms with Gasteiger partial charge in [0, 0.05) is 31.9 Å². The Kier molecular flexibility index (Phi) is 6.01. The summed E-state index contributed by atoms with van der Waals surface area (Å²) >= 11 is 0.881. The van der Waals surface area contributed by atoms with Gasteiger partial charge in [-0.3, -0.25) is 14.5 Å². The van der Waals surface area contributed by atoms with Crippen LogP contribution in [0.5, 0.6) is 0 Å². The van der Waals surface area contributed by atoms with Crippen LogP contribution in [0.4, 0.5) is 4.79 Å². The van der Waals surface area contributed by atoms with E-state index in [1.807, 2.05) is 0 Å². The molecule has 1 fully saturated rings. The molecule has 1 N–H and O–H groups in total. The topological polar surface area (TPSA) is 97.1 Å². The van der Waals surface area contributed by atoms with Gasteiger partial charge in [0.15, 0.2) is 0 Å². The van der Waals surface area contributed by atoms with E-state index in [1.54, 1.807) is 44.4 Å². The highest BCUT2D eigenvalue weighted by molar-refractivity contribution is 8.18. The van der Waals surface area contributed by atoms with E-state index in [-0.39, 0.29) is 16.7 Å². The highest BCUT2D eigenvalue weighted by Crippen LogP contribution is 2.34. The SMILES string of the molecule is COCCCN1C(=O)S/C(=C/c2ccc(-c3ccc(C(=O)O)cc3C)o2)C1=O. The third kappa shape index (κ3) is 4.18. The average Bonchev–Trinajstić information content (AvgIpc) is 3.21. The van der Waals surface area contributed by atoms with Crippen LogP contribution in [0.2, 0.25) is 0 Å². The summed E-state index contributed by atoms with van der Waals surface area (Å²) in [5.41, 5.74) is 1.73. The molecule has 2 amide bonds. The highest BCUT2D eigenvalue weighted by Gasteiger charge is 2.34. The molecular formula is C20H19NO6S. The molecule has 8 heteroatoms. The number of amides is 2. The second-order valence-electron chi connectivity index (χ2n) is 6.22. The predicted molar refractivity (Wildman–Crippen MR) is 105 cm³/mol. The van der Waals surface area contributed by atoms with Gasteiger partial charge >= 0.3 is 5.97 Å². The van der Waals surface area contributed by atoms with Crippen molar-refractivity contribution in [2.24, 2.45) is 0 Å². The van der Waals surface area contributed by atoms with Crippen molar-refractivity contribution in [3.05, 3.63) is 52.1 Å². The maximum absolute atomic E-state index is 12.4. The minimum absolute atomic E-state index is 0.204. The van der Waals surface area contributed by atoms with Gasteiger partial charge in [-0.05, 0) is 54.9 Å². The minimum Gasteiger partial charge on any atom is -0.478 e. The number of carbonyl (C=O) groups excluding carboxylic acids is 2. The van der Waals surface area contributed by atoms with Gasteiger partial charge in [-0.25, -0.2) is 4.79 Å². The van der Waals surface area contributed by atoms with Crippen molar-refractivity contribution in [2.75, 3.05) is 20.3 Å². The number of hydrogen-bond acceptors (Lipinski definition) is 6. The molecule has 0 bridgehead atoms. The number of carboxylic acid groups (broad SMARTS) is 1. The predicted octanol–water partition coefficient (Wildman–Crippen LogP) is 4.03. The Hall–Kier alpha value is -2.84. The molecule has 1 aliphatic rings. The first kappa shape index (κ1) is 19.9. The molecule has 2 aromatic rings. The number of benzene rings is 1. The lowest BCUT2D eigenvalue weighted by atomic mass is 10.0. The maximum Gasteiger partial charge on any atom is 0.335 e. The molecule has 1 saturated heterocycles. The summed E-state index contributed by atoms with van der Waals surface area (Å²) in [4.78, 5) is 37.0. The van der Waals surface area contributed by atoms with E-state index in [2.05, 4.69) is 0 Å². The van der Waals surface area contributed by atoms with E-state index in [4.69, 9.17) is 14.3 Å². The molecule has 3 rings (SSSR count). The molecule has 1 aromatic heterocycles. The number of aromatic carboxylic acids is 1. The van der Waals surface area contributed by atoms with Crippen LogP contribution in [0.15, 0.2) is 39.7 Å². The summed E-state index contributed by atoms with van der Waals surface area (Å²) in [5.74, 6) is -0.332. The van der Waals surface area contributed by atoms with Crippen molar-refractivity contribution < 1.29 is 28.6 Å². The Labute approximate surface area is 166 Å². The van der Waals surface area contributed by atoms with Gasteiger partial charge in [-0.15, -0.1) is 0 Å². The Morgan fingerprint density at radius 1 is 1.29 bits per heavy atom. The fourth-order valence-electron chi connectivity index (χ4n) is 2.84. The molecule has 0 saturated carbocycles. The summed E-state index contributed by atoms with van der Waals surface area (Å²) in [7, 11) is 1.57. The number of imide groups is 1. The third-order valence-electron chi connectivity index (χ3n) is 4.24. The zero-order chi connectivity index (χ0) is 20.3. The highest BCUT2D eigenvalue weighted by atomic mass is 32.2. The molecule has 1 aromatic carbocycles. The number of carbonyl (C=O) groups is 3.